The number of amides is 1. The highest BCUT2D eigenvalue weighted by atomic mass is 32.2. The van der Waals surface area contributed by atoms with Crippen LogP contribution in [0.4, 0.5) is 0 Å². The quantitative estimate of drug-likeness (QED) is 0.699. The summed E-state index contributed by atoms with van der Waals surface area (Å²) in [5.41, 5.74) is 0.534. The van der Waals surface area contributed by atoms with Gasteiger partial charge in [-0.3, -0.25) is 13.8 Å². The first-order valence-corrected chi connectivity index (χ1v) is 7.44. The monoisotopic (exact) mass is 267 g/mol. The summed E-state index contributed by atoms with van der Waals surface area (Å²) in [7, 11) is -1.10. The van der Waals surface area contributed by atoms with Crippen molar-refractivity contribution in [2.75, 3.05) is 11.6 Å². The Bertz CT molecular complexity index is 543. The molecule has 1 fully saturated rings. The van der Waals surface area contributed by atoms with Crippen molar-refractivity contribution in [3.05, 3.63) is 29.8 Å². The topological polar surface area (TPSA) is 54.5 Å². The molecule has 0 aromatic heterocycles. The van der Waals surface area contributed by atoms with E-state index >= 15 is 0 Å². The first-order chi connectivity index (χ1) is 8.16. The van der Waals surface area contributed by atoms with Crippen molar-refractivity contribution in [3.8, 4) is 0 Å². The number of nitrogens with zero attached hydrogens (tertiary/aromatic N) is 1. The van der Waals surface area contributed by atoms with Crippen molar-refractivity contribution in [1.82, 2.24) is 4.90 Å². The Morgan fingerprint density at radius 1 is 1.29 bits per heavy atom. The summed E-state index contributed by atoms with van der Waals surface area (Å²) in [6, 6.07) is 6.54. The first-order valence-electron chi connectivity index (χ1n) is 5.13. The predicted octanol–water partition coefficient (Wildman–Crippen LogP) is 0.849. The van der Waals surface area contributed by atoms with Crippen molar-refractivity contribution in [1.29, 1.82) is 0 Å². The van der Waals surface area contributed by atoms with Crippen molar-refractivity contribution in [2.24, 2.45) is 0 Å². The predicted molar refractivity (Wildman–Crippen MR) is 65.1 cm³/mol. The molecule has 2 atom stereocenters. The number of hydrogen-bond donors (Lipinski definition) is 0. The van der Waals surface area contributed by atoms with E-state index in [9.17, 15) is 13.8 Å². The lowest BCUT2D eigenvalue weighted by Gasteiger charge is -2.18. The number of thioether (sulfide) groups is 1. The van der Waals surface area contributed by atoms with E-state index in [2.05, 4.69) is 0 Å². The van der Waals surface area contributed by atoms with Crippen LogP contribution >= 0.6 is 11.8 Å². The van der Waals surface area contributed by atoms with Gasteiger partial charge in [-0.2, -0.15) is 0 Å². The molecule has 2 heterocycles. The molecule has 0 unspecified atom stereocenters. The third-order valence-corrected chi connectivity index (χ3v) is 5.17. The summed E-state index contributed by atoms with van der Waals surface area (Å²) in [5.74, 6) is 0.255. The molecule has 88 valence electrons. The molecule has 2 aliphatic rings. The van der Waals surface area contributed by atoms with Gasteiger partial charge in [0.15, 0.2) is 0 Å². The molecule has 0 bridgehead atoms. The highest BCUT2D eigenvalue weighted by Crippen LogP contribution is 2.33. The van der Waals surface area contributed by atoms with E-state index in [-0.39, 0.29) is 22.7 Å². The molecule has 1 saturated heterocycles. The average molecular weight is 267 g/mol. The second-order valence-corrected chi connectivity index (χ2v) is 6.46. The zero-order valence-corrected chi connectivity index (χ0v) is 10.4. The van der Waals surface area contributed by atoms with Gasteiger partial charge in [-0.05, 0) is 23.9 Å². The molecule has 3 rings (SSSR count). The minimum absolute atomic E-state index is 0.0887. The van der Waals surface area contributed by atoms with Gasteiger partial charge < -0.3 is 4.90 Å². The van der Waals surface area contributed by atoms with Crippen molar-refractivity contribution >= 4 is 33.6 Å². The average Bonchev–Trinajstić information content (AvgIpc) is 2.67. The van der Waals surface area contributed by atoms with E-state index in [0.717, 1.165) is 11.8 Å². The number of carbonyl (C=O) groups excluding carboxylic acids is 2. The fraction of sp³-hybridized carbons (Fsp3) is 0.273. The highest BCUT2D eigenvalue weighted by Gasteiger charge is 2.41. The third-order valence-electron chi connectivity index (χ3n) is 2.86. The van der Waals surface area contributed by atoms with E-state index in [1.165, 1.54) is 4.90 Å². The van der Waals surface area contributed by atoms with Crippen molar-refractivity contribution in [3.63, 3.8) is 0 Å². The Morgan fingerprint density at radius 2 is 2.06 bits per heavy atom. The fourth-order valence-electron chi connectivity index (χ4n) is 2.02. The molecule has 0 spiro atoms. The summed E-state index contributed by atoms with van der Waals surface area (Å²) in [6.45, 7) is 0. The van der Waals surface area contributed by atoms with E-state index in [1.54, 1.807) is 24.3 Å². The zero-order chi connectivity index (χ0) is 12.0. The molecule has 0 saturated carbocycles. The summed E-state index contributed by atoms with van der Waals surface area (Å²) in [6.07, 6.45) is 0. The molecule has 1 aromatic carbocycles. The van der Waals surface area contributed by atoms with Gasteiger partial charge in [0.05, 0.1) is 17.2 Å². The molecule has 6 heteroatoms. The van der Waals surface area contributed by atoms with E-state index in [1.807, 2.05) is 0 Å². The SMILES string of the molecule is O=C1Sc2ccccc2C(=O)N2C[S@](=O)C[C@@H]12. The molecule has 1 aromatic rings. The first kappa shape index (κ1) is 11.0. The van der Waals surface area contributed by atoms with Gasteiger partial charge in [0.1, 0.15) is 6.04 Å². The minimum Gasteiger partial charge on any atom is -0.315 e. The van der Waals surface area contributed by atoms with Crippen LogP contribution in [-0.4, -0.2) is 37.8 Å². The number of hydrogen-bond acceptors (Lipinski definition) is 4. The summed E-state index contributed by atoms with van der Waals surface area (Å²) >= 11 is 1.08. The highest BCUT2D eigenvalue weighted by molar-refractivity contribution is 8.14. The summed E-state index contributed by atoms with van der Waals surface area (Å²) < 4.78 is 11.5. The normalized spacial score (nSPS) is 27.6. The second-order valence-electron chi connectivity index (χ2n) is 3.94. The van der Waals surface area contributed by atoms with Gasteiger partial charge in [0.25, 0.3) is 5.91 Å². The Labute approximate surface area is 105 Å². The maximum atomic E-state index is 12.2. The lowest BCUT2D eigenvalue weighted by atomic mass is 10.2. The van der Waals surface area contributed by atoms with Crippen LogP contribution < -0.4 is 0 Å². The van der Waals surface area contributed by atoms with Gasteiger partial charge in [-0.15, -0.1) is 0 Å². The van der Waals surface area contributed by atoms with Crippen molar-refractivity contribution in [2.45, 2.75) is 10.9 Å². The Hall–Kier alpha value is -1.14. The van der Waals surface area contributed by atoms with Crippen LogP contribution in [0.5, 0.6) is 0 Å². The molecule has 0 N–H and O–H groups in total. The maximum absolute atomic E-state index is 12.2. The van der Waals surface area contributed by atoms with Crippen LogP contribution in [-0.2, 0) is 15.6 Å². The smallest absolute Gasteiger partial charge is 0.256 e. The van der Waals surface area contributed by atoms with Crippen LogP contribution in [0.15, 0.2) is 29.2 Å². The molecule has 17 heavy (non-hydrogen) atoms. The zero-order valence-electron chi connectivity index (χ0n) is 8.79. The number of carbonyl (C=O) groups is 2. The van der Waals surface area contributed by atoms with Gasteiger partial charge in [0, 0.05) is 15.7 Å². The van der Waals surface area contributed by atoms with E-state index in [0.29, 0.717) is 10.5 Å². The van der Waals surface area contributed by atoms with Crippen LogP contribution in [0, 0.1) is 0 Å². The molecule has 2 aliphatic heterocycles. The van der Waals surface area contributed by atoms with Crippen LogP contribution in [0.1, 0.15) is 10.4 Å². The molecular formula is C11H9NO3S2. The lowest BCUT2D eigenvalue weighted by molar-refractivity contribution is -0.113. The summed E-state index contributed by atoms with van der Waals surface area (Å²) in [4.78, 5) is 26.4. The molecule has 0 aliphatic carbocycles. The number of fused-ring (bicyclic) bond motifs is 2. The second kappa shape index (κ2) is 3.96. The number of rotatable bonds is 0. The van der Waals surface area contributed by atoms with Gasteiger partial charge in [-0.1, -0.05) is 12.1 Å². The number of benzene rings is 1. The van der Waals surface area contributed by atoms with E-state index < -0.39 is 16.8 Å². The Morgan fingerprint density at radius 3 is 2.88 bits per heavy atom. The molecule has 4 nitrogen and oxygen atoms in total. The minimum atomic E-state index is -1.10. The Balaban J connectivity index is 2.11. The largest absolute Gasteiger partial charge is 0.315 e. The van der Waals surface area contributed by atoms with Gasteiger partial charge >= 0.3 is 0 Å². The lowest BCUT2D eigenvalue weighted by Crippen LogP contribution is -2.39. The van der Waals surface area contributed by atoms with Gasteiger partial charge in [-0.25, -0.2) is 0 Å². The van der Waals surface area contributed by atoms with Crippen LogP contribution in [0.25, 0.3) is 0 Å². The molecule has 1 amide bonds. The fourth-order valence-corrected chi connectivity index (χ4v) is 4.50. The summed E-state index contributed by atoms with van der Waals surface area (Å²) in [5, 5.41) is -0.0887. The standard InChI is InChI=1S/C11H9NO3S2/c13-10-7-3-1-2-4-9(7)16-11(14)8-5-17(15)6-12(8)10/h1-4,8H,5-6H2/t8-,17+/m0/s1. The van der Waals surface area contributed by atoms with Gasteiger partial charge in [0.2, 0.25) is 5.12 Å². The van der Waals surface area contributed by atoms with Crippen molar-refractivity contribution < 1.29 is 13.8 Å². The molecule has 0 radical (unpaired) electrons. The Kier molecular flexibility index (Phi) is 2.56. The third kappa shape index (κ3) is 1.71. The maximum Gasteiger partial charge on any atom is 0.256 e. The van der Waals surface area contributed by atoms with Crippen LogP contribution in [0.2, 0.25) is 0 Å². The van der Waals surface area contributed by atoms with E-state index in [4.69, 9.17) is 0 Å². The van der Waals surface area contributed by atoms with Crippen LogP contribution in [0.3, 0.4) is 0 Å². The molecular weight excluding hydrogens is 258 g/mol.